The average molecular weight is 436 g/mol. The van der Waals surface area contributed by atoms with Gasteiger partial charge in [-0.1, -0.05) is 60.7 Å². The maximum absolute atomic E-state index is 9.37. The first kappa shape index (κ1) is 24.4. The van der Waals surface area contributed by atoms with Crippen molar-refractivity contribution >= 4 is 0 Å². The van der Waals surface area contributed by atoms with E-state index in [1.165, 1.54) is 11.1 Å². The highest BCUT2D eigenvalue weighted by Crippen LogP contribution is 2.16. The van der Waals surface area contributed by atoms with Gasteiger partial charge in [0.15, 0.2) is 0 Å². The van der Waals surface area contributed by atoms with Gasteiger partial charge in [-0.3, -0.25) is 9.80 Å². The summed E-state index contributed by atoms with van der Waals surface area (Å²) >= 11 is 0. The SMILES string of the molecule is N#CCCOC1CCN(Cc2ccccc2)CC1.OC1CCN(Cc2ccccc2)CC1. The van der Waals surface area contributed by atoms with Crippen molar-refractivity contribution in [2.24, 2.45) is 0 Å². The minimum atomic E-state index is -0.0676. The molecule has 0 bridgehead atoms. The van der Waals surface area contributed by atoms with Crippen LogP contribution in [0.3, 0.4) is 0 Å². The summed E-state index contributed by atoms with van der Waals surface area (Å²) in [6, 6.07) is 23.2. The standard InChI is InChI=1S/C15H20N2O.C12H17NO/c16-9-4-12-18-15-7-10-17(11-8-15)13-14-5-2-1-3-6-14;14-12-6-8-13(9-7-12)10-11-4-2-1-3-5-11/h1-3,5-6,15H,4,7-8,10-13H2;1-5,12,14H,6-10H2. The Hall–Kier alpha value is -2.23. The fraction of sp³-hybridized carbons (Fsp3) is 0.519. The fourth-order valence-electron chi connectivity index (χ4n) is 4.27. The second kappa shape index (κ2) is 14.0. The van der Waals surface area contributed by atoms with Crippen molar-refractivity contribution in [3.8, 4) is 6.07 Å². The molecule has 172 valence electrons. The third-order valence-electron chi connectivity index (χ3n) is 6.16. The molecule has 0 spiro atoms. The molecule has 5 nitrogen and oxygen atoms in total. The number of aliphatic hydroxyl groups is 1. The van der Waals surface area contributed by atoms with Gasteiger partial charge in [0.25, 0.3) is 0 Å². The molecule has 2 aliphatic rings. The van der Waals surface area contributed by atoms with E-state index in [0.717, 1.165) is 65.0 Å². The molecule has 0 unspecified atom stereocenters. The van der Waals surface area contributed by atoms with E-state index in [4.69, 9.17) is 10.00 Å². The molecule has 0 saturated carbocycles. The number of rotatable bonds is 7. The number of ether oxygens (including phenoxy) is 1. The van der Waals surface area contributed by atoms with E-state index in [0.29, 0.717) is 19.1 Å². The molecular formula is C27H37N3O2. The van der Waals surface area contributed by atoms with Gasteiger partial charge in [-0.05, 0) is 36.8 Å². The lowest BCUT2D eigenvalue weighted by atomic mass is 10.1. The van der Waals surface area contributed by atoms with Crippen molar-refractivity contribution in [1.29, 1.82) is 5.26 Å². The van der Waals surface area contributed by atoms with Crippen molar-refractivity contribution in [1.82, 2.24) is 9.80 Å². The zero-order valence-corrected chi connectivity index (χ0v) is 19.1. The smallest absolute Gasteiger partial charge is 0.0645 e. The Morgan fingerprint density at radius 3 is 1.72 bits per heavy atom. The summed E-state index contributed by atoms with van der Waals surface area (Å²) in [6.07, 6.45) is 4.80. The van der Waals surface area contributed by atoms with Gasteiger partial charge < -0.3 is 9.84 Å². The number of hydrogen-bond acceptors (Lipinski definition) is 5. The average Bonchev–Trinajstić information content (AvgIpc) is 2.84. The third-order valence-corrected chi connectivity index (χ3v) is 6.16. The zero-order valence-electron chi connectivity index (χ0n) is 19.1. The van der Waals surface area contributed by atoms with E-state index in [9.17, 15) is 5.11 Å². The maximum atomic E-state index is 9.37. The number of nitrogens with zero attached hydrogens (tertiary/aromatic N) is 3. The second-order valence-corrected chi connectivity index (χ2v) is 8.73. The summed E-state index contributed by atoms with van der Waals surface area (Å²) in [4.78, 5) is 4.88. The summed E-state index contributed by atoms with van der Waals surface area (Å²) in [5, 5.41) is 17.8. The first-order valence-corrected chi connectivity index (χ1v) is 11.9. The van der Waals surface area contributed by atoms with Crippen LogP contribution in [0.1, 0.15) is 43.2 Å². The van der Waals surface area contributed by atoms with E-state index >= 15 is 0 Å². The molecule has 0 aliphatic carbocycles. The van der Waals surface area contributed by atoms with Gasteiger partial charge in [0.2, 0.25) is 0 Å². The van der Waals surface area contributed by atoms with Crippen LogP contribution in [0.2, 0.25) is 0 Å². The van der Waals surface area contributed by atoms with Crippen LogP contribution >= 0.6 is 0 Å². The highest BCUT2D eigenvalue weighted by molar-refractivity contribution is 5.15. The molecule has 0 radical (unpaired) electrons. The van der Waals surface area contributed by atoms with Crippen molar-refractivity contribution in [2.45, 2.75) is 57.4 Å². The number of likely N-dealkylation sites (tertiary alicyclic amines) is 2. The van der Waals surface area contributed by atoms with Crippen LogP contribution in [0.5, 0.6) is 0 Å². The van der Waals surface area contributed by atoms with Gasteiger partial charge in [-0.2, -0.15) is 5.26 Å². The Labute approximate surface area is 193 Å². The molecular weight excluding hydrogens is 398 g/mol. The minimum absolute atomic E-state index is 0.0676. The molecule has 5 heteroatoms. The quantitative estimate of drug-likeness (QED) is 0.660. The fourth-order valence-corrected chi connectivity index (χ4v) is 4.27. The Balaban J connectivity index is 0.000000186. The van der Waals surface area contributed by atoms with Gasteiger partial charge in [0.05, 0.1) is 31.3 Å². The van der Waals surface area contributed by atoms with E-state index in [-0.39, 0.29) is 6.10 Å². The summed E-state index contributed by atoms with van der Waals surface area (Å²) < 4.78 is 5.67. The van der Waals surface area contributed by atoms with Crippen molar-refractivity contribution < 1.29 is 9.84 Å². The lowest BCUT2D eigenvalue weighted by molar-refractivity contribution is 0.00858. The summed E-state index contributed by atoms with van der Waals surface area (Å²) in [5.41, 5.74) is 2.74. The van der Waals surface area contributed by atoms with E-state index in [1.807, 2.05) is 6.07 Å². The molecule has 0 atom stereocenters. The molecule has 2 fully saturated rings. The molecule has 2 aliphatic heterocycles. The highest BCUT2D eigenvalue weighted by atomic mass is 16.5. The predicted molar refractivity (Wildman–Crippen MR) is 128 cm³/mol. The molecule has 2 saturated heterocycles. The van der Waals surface area contributed by atoms with Gasteiger partial charge >= 0.3 is 0 Å². The third kappa shape index (κ3) is 9.10. The van der Waals surface area contributed by atoms with Gasteiger partial charge in [-0.15, -0.1) is 0 Å². The summed E-state index contributed by atoms with van der Waals surface area (Å²) in [5.74, 6) is 0. The number of aliphatic hydroxyl groups excluding tert-OH is 1. The first-order valence-electron chi connectivity index (χ1n) is 11.9. The maximum Gasteiger partial charge on any atom is 0.0645 e. The van der Waals surface area contributed by atoms with Crippen LogP contribution in [0.25, 0.3) is 0 Å². The first-order chi connectivity index (χ1) is 15.7. The molecule has 4 rings (SSSR count). The molecule has 0 amide bonds. The van der Waals surface area contributed by atoms with Crippen LogP contribution < -0.4 is 0 Å². The minimum Gasteiger partial charge on any atom is -0.393 e. The van der Waals surface area contributed by atoms with Crippen LogP contribution in [-0.2, 0) is 17.8 Å². The summed E-state index contributed by atoms with van der Waals surface area (Å²) in [6.45, 7) is 6.86. The number of hydrogen-bond donors (Lipinski definition) is 1. The molecule has 2 aromatic carbocycles. The Kier molecular flexibility index (Phi) is 10.7. The molecule has 1 N–H and O–H groups in total. The molecule has 32 heavy (non-hydrogen) atoms. The molecule has 2 heterocycles. The normalized spacial score (nSPS) is 18.5. The van der Waals surface area contributed by atoms with Gasteiger partial charge in [-0.25, -0.2) is 0 Å². The largest absolute Gasteiger partial charge is 0.393 e. The Morgan fingerprint density at radius 2 is 1.25 bits per heavy atom. The topological polar surface area (TPSA) is 59.7 Å². The number of piperidine rings is 2. The number of nitriles is 1. The van der Waals surface area contributed by atoms with Crippen LogP contribution in [0.15, 0.2) is 60.7 Å². The molecule has 0 aromatic heterocycles. The lowest BCUT2D eigenvalue weighted by Gasteiger charge is -2.31. The van der Waals surface area contributed by atoms with Gasteiger partial charge in [0.1, 0.15) is 0 Å². The van der Waals surface area contributed by atoms with Crippen molar-refractivity contribution in [3.05, 3.63) is 71.8 Å². The van der Waals surface area contributed by atoms with Crippen molar-refractivity contribution in [3.63, 3.8) is 0 Å². The monoisotopic (exact) mass is 435 g/mol. The van der Waals surface area contributed by atoms with E-state index in [1.54, 1.807) is 0 Å². The Morgan fingerprint density at radius 1 is 0.781 bits per heavy atom. The Bertz CT molecular complexity index is 778. The zero-order chi connectivity index (χ0) is 22.4. The second-order valence-electron chi connectivity index (χ2n) is 8.73. The lowest BCUT2D eigenvalue weighted by Crippen LogP contribution is -2.36. The molecule has 2 aromatic rings. The predicted octanol–water partition coefficient (Wildman–Crippen LogP) is 4.22. The van der Waals surface area contributed by atoms with Crippen LogP contribution in [0.4, 0.5) is 0 Å². The van der Waals surface area contributed by atoms with Crippen LogP contribution in [-0.4, -0.2) is 59.9 Å². The summed E-state index contributed by atoms with van der Waals surface area (Å²) in [7, 11) is 0. The van der Waals surface area contributed by atoms with Crippen molar-refractivity contribution in [2.75, 3.05) is 32.8 Å². The van der Waals surface area contributed by atoms with E-state index in [2.05, 4.69) is 70.5 Å². The van der Waals surface area contributed by atoms with E-state index < -0.39 is 0 Å². The number of benzene rings is 2. The van der Waals surface area contributed by atoms with Gasteiger partial charge in [0, 0.05) is 39.3 Å². The van der Waals surface area contributed by atoms with Crippen LogP contribution in [0, 0.1) is 11.3 Å². The highest BCUT2D eigenvalue weighted by Gasteiger charge is 2.19.